The number of nitrogens with zero attached hydrogens (tertiary/aromatic N) is 1. The van der Waals surface area contributed by atoms with E-state index in [0.717, 1.165) is 23.3 Å². The molecule has 3 rings (SSSR count). The summed E-state index contributed by atoms with van der Waals surface area (Å²) in [5, 5.41) is 2.70. The van der Waals surface area contributed by atoms with Gasteiger partial charge < -0.3 is 14.5 Å². The predicted octanol–water partition coefficient (Wildman–Crippen LogP) is 4.92. The number of rotatable bonds is 5. The van der Waals surface area contributed by atoms with Crippen molar-refractivity contribution < 1.29 is 27.1 Å². The molecule has 0 aliphatic heterocycles. The molecular weight excluding hydrogens is 385 g/mol. The van der Waals surface area contributed by atoms with Gasteiger partial charge in [-0.1, -0.05) is 12.1 Å². The first-order valence-electron chi connectivity index (χ1n) is 8.75. The van der Waals surface area contributed by atoms with Crippen LogP contribution in [-0.2, 0) is 12.7 Å². The molecule has 0 radical (unpaired) electrons. The van der Waals surface area contributed by atoms with Gasteiger partial charge in [-0.25, -0.2) is 0 Å². The van der Waals surface area contributed by atoms with Gasteiger partial charge in [-0.2, -0.15) is 13.2 Å². The number of nitrogens with one attached hydrogen (secondary N) is 1. The summed E-state index contributed by atoms with van der Waals surface area (Å²) in [6, 6.07) is 7.61. The van der Waals surface area contributed by atoms with Gasteiger partial charge in [-0.05, 0) is 38.1 Å². The Balaban J connectivity index is 1.74. The standard InChI is InChI=1S/C21H19F3N2O3/c1-12-10-25-16(13(2)19(12)28-3)11-26-20(27)18-8-7-17(29-18)14-5-4-6-15(9-14)21(22,23)24/h4-10H,11H2,1-3H3,(H,26,27). The van der Waals surface area contributed by atoms with Crippen molar-refractivity contribution in [2.24, 2.45) is 0 Å². The third-order valence-electron chi connectivity index (χ3n) is 4.47. The molecule has 3 aromatic rings. The van der Waals surface area contributed by atoms with Crippen LogP contribution in [0.4, 0.5) is 13.2 Å². The predicted molar refractivity (Wildman–Crippen MR) is 101 cm³/mol. The van der Waals surface area contributed by atoms with Gasteiger partial charge in [-0.15, -0.1) is 0 Å². The zero-order valence-corrected chi connectivity index (χ0v) is 16.1. The maximum atomic E-state index is 12.9. The molecule has 29 heavy (non-hydrogen) atoms. The Morgan fingerprint density at radius 3 is 2.66 bits per heavy atom. The van der Waals surface area contributed by atoms with Crippen LogP contribution in [0.3, 0.4) is 0 Å². The van der Waals surface area contributed by atoms with E-state index in [1.54, 1.807) is 13.3 Å². The van der Waals surface area contributed by atoms with Crippen molar-refractivity contribution in [2.75, 3.05) is 7.11 Å². The van der Waals surface area contributed by atoms with Gasteiger partial charge in [0, 0.05) is 22.9 Å². The second-order valence-electron chi connectivity index (χ2n) is 6.47. The Morgan fingerprint density at radius 1 is 1.21 bits per heavy atom. The smallest absolute Gasteiger partial charge is 0.416 e. The summed E-state index contributed by atoms with van der Waals surface area (Å²) in [6.07, 6.45) is -2.80. The van der Waals surface area contributed by atoms with E-state index in [2.05, 4.69) is 10.3 Å². The topological polar surface area (TPSA) is 64.4 Å². The number of alkyl halides is 3. The van der Waals surface area contributed by atoms with Crippen LogP contribution in [-0.4, -0.2) is 18.0 Å². The molecule has 0 saturated heterocycles. The Bertz CT molecular complexity index is 1040. The SMILES string of the molecule is COc1c(C)cnc(CNC(=O)c2ccc(-c3cccc(C(F)(F)F)c3)o2)c1C. The van der Waals surface area contributed by atoms with Crippen LogP contribution < -0.4 is 10.1 Å². The number of hydrogen-bond acceptors (Lipinski definition) is 4. The normalized spacial score (nSPS) is 11.4. The number of methoxy groups -OCH3 is 1. The molecule has 0 unspecified atom stereocenters. The summed E-state index contributed by atoms with van der Waals surface area (Å²) >= 11 is 0. The number of pyridine rings is 1. The van der Waals surface area contributed by atoms with Gasteiger partial charge >= 0.3 is 6.18 Å². The highest BCUT2D eigenvalue weighted by Gasteiger charge is 2.30. The average Bonchev–Trinajstić information content (AvgIpc) is 3.17. The summed E-state index contributed by atoms with van der Waals surface area (Å²) in [7, 11) is 1.57. The van der Waals surface area contributed by atoms with E-state index in [-0.39, 0.29) is 23.6 Å². The lowest BCUT2D eigenvalue weighted by molar-refractivity contribution is -0.137. The molecule has 0 aliphatic rings. The number of carbonyl (C=O) groups excluding carboxylic acids is 1. The number of aromatic nitrogens is 1. The summed E-state index contributed by atoms with van der Waals surface area (Å²) < 4.78 is 49.4. The van der Waals surface area contributed by atoms with E-state index in [4.69, 9.17) is 9.15 Å². The molecule has 0 atom stereocenters. The molecular formula is C21H19F3N2O3. The summed E-state index contributed by atoms with van der Waals surface area (Å²) in [6.45, 7) is 3.87. The lowest BCUT2D eigenvalue weighted by atomic mass is 10.1. The Hall–Kier alpha value is -3.29. The van der Waals surface area contributed by atoms with Crippen LogP contribution in [0.1, 0.15) is 32.9 Å². The first-order valence-corrected chi connectivity index (χ1v) is 8.75. The first kappa shape index (κ1) is 20.4. The third-order valence-corrected chi connectivity index (χ3v) is 4.47. The van der Waals surface area contributed by atoms with Gasteiger partial charge in [0.25, 0.3) is 5.91 Å². The minimum absolute atomic E-state index is 0.00542. The fraction of sp³-hybridized carbons (Fsp3) is 0.238. The highest BCUT2D eigenvalue weighted by Crippen LogP contribution is 2.32. The van der Waals surface area contributed by atoms with Crippen LogP contribution in [0.15, 0.2) is 47.0 Å². The minimum Gasteiger partial charge on any atom is -0.496 e. The molecule has 152 valence electrons. The van der Waals surface area contributed by atoms with Gasteiger partial charge in [0.05, 0.1) is 24.9 Å². The third kappa shape index (κ3) is 4.42. The van der Waals surface area contributed by atoms with Crippen LogP contribution in [0.25, 0.3) is 11.3 Å². The second kappa shape index (κ2) is 7.98. The fourth-order valence-corrected chi connectivity index (χ4v) is 2.96. The van der Waals surface area contributed by atoms with E-state index in [1.807, 2.05) is 13.8 Å². The van der Waals surface area contributed by atoms with Crippen molar-refractivity contribution in [3.05, 3.63) is 70.7 Å². The highest BCUT2D eigenvalue weighted by atomic mass is 19.4. The molecule has 2 aromatic heterocycles. The van der Waals surface area contributed by atoms with E-state index in [0.29, 0.717) is 11.4 Å². The van der Waals surface area contributed by atoms with Crippen LogP contribution in [0, 0.1) is 13.8 Å². The quantitative estimate of drug-likeness (QED) is 0.656. The molecule has 1 N–H and O–H groups in total. The largest absolute Gasteiger partial charge is 0.496 e. The molecule has 0 saturated carbocycles. The molecule has 0 spiro atoms. The molecule has 1 aromatic carbocycles. The Labute approximate surface area is 165 Å². The van der Waals surface area contributed by atoms with Gasteiger partial charge in [0.2, 0.25) is 0 Å². The molecule has 0 aliphatic carbocycles. The van der Waals surface area contributed by atoms with Crippen molar-refractivity contribution in [1.82, 2.24) is 10.3 Å². The maximum absolute atomic E-state index is 12.9. The van der Waals surface area contributed by atoms with E-state index < -0.39 is 17.6 Å². The van der Waals surface area contributed by atoms with E-state index in [9.17, 15) is 18.0 Å². The molecule has 1 amide bonds. The van der Waals surface area contributed by atoms with Crippen molar-refractivity contribution in [3.63, 3.8) is 0 Å². The summed E-state index contributed by atoms with van der Waals surface area (Å²) in [5.74, 6) is 0.375. The lowest BCUT2D eigenvalue weighted by Gasteiger charge is -2.12. The number of ether oxygens (including phenoxy) is 1. The molecule has 0 bridgehead atoms. The molecule has 5 nitrogen and oxygen atoms in total. The van der Waals surface area contributed by atoms with Crippen molar-refractivity contribution in [3.8, 4) is 17.1 Å². The van der Waals surface area contributed by atoms with Crippen LogP contribution in [0.2, 0.25) is 0 Å². The van der Waals surface area contributed by atoms with Gasteiger partial charge in [-0.3, -0.25) is 9.78 Å². The minimum atomic E-state index is -4.46. The number of aryl methyl sites for hydroxylation is 1. The second-order valence-corrected chi connectivity index (χ2v) is 6.47. The number of hydrogen-bond donors (Lipinski definition) is 1. The zero-order valence-electron chi connectivity index (χ0n) is 16.1. The monoisotopic (exact) mass is 404 g/mol. The van der Waals surface area contributed by atoms with Crippen molar-refractivity contribution >= 4 is 5.91 Å². The lowest BCUT2D eigenvalue weighted by Crippen LogP contribution is -2.23. The number of benzene rings is 1. The van der Waals surface area contributed by atoms with E-state index >= 15 is 0 Å². The van der Waals surface area contributed by atoms with Crippen LogP contribution >= 0.6 is 0 Å². The molecule has 0 fully saturated rings. The van der Waals surface area contributed by atoms with Crippen LogP contribution in [0.5, 0.6) is 5.75 Å². The Kier molecular flexibility index (Phi) is 5.63. The zero-order chi connectivity index (χ0) is 21.2. The number of carbonyl (C=O) groups is 1. The summed E-state index contributed by atoms with van der Waals surface area (Å²) in [4.78, 5) is 16.7. The molecule has 2 heterocycles. The first-order chi connectivity index (χ1) is 13.7. The van der Waals surface area contributed by atoms with Crippen molar-refractivity contribution in [1.29, 1.82) is 0 Å². The highest BCUT2D eigenvalue weighted by molar-refractivity contribution is 5.92. The average molecular weight is 404 g/mol. The number of furan rings is 1. The van der Waals surface area contributed by atoms with Gasteiger partial charge in [0.1, 0.15) is 11.5 Å². The maximum Gasteiger partial charge on any atom is 0.416 e. The van der Waals surface area contributed by atoms with Crippen molar-refractivity contribution in [2.45, 2.75) is 26.6 Å². The molecule has 8 heteroatoms. The van der Waals surface area contributed by atoms with Gasteiger partial charge in [0.15, 0.2) is 5.76 Å². The number of halogens is 3. The number of amides is 1. The van der Waals surface area contributed by atoms with E-state index in [1.165, 1.54) is 24.3 Å². The fourth-order valence-electron chi connectivity index (χ4n) is 2.96. The Morgan fingerprint density at radius 2 is 1.97 bits per heavy atom. The summed E-state index contributed by atoms with van der Waals surface area (Å²) in [5.41, 5.74) is 1.80.